The Labute approximate surface area is 263 Å². The molecule has 0 radical (unpaired) electrons. The Kier molecular flexibility index (Phi) is 11.7. The second-order valence-corrected chi connectivity index (χ2v) is 12.4. The third kappa shape index (κ3) is 8.06. The van der Waals surface area contributed by atoms with E-state index in [1.165, 1.54) is 57.6 Å². The highest BCUT2D eigenvalue weighted by Gasteiger charge is 2.34. The predicted molar refractivity (Wildman–Crippen MR) is 168 cm³/mol. The average Bonchev–Trinajstić information content (AvgIpc) is 3.01. The number of nitrogens with one attached hydrogen (secondary N) is 1. The molecule has 0 saturated heterocycles. The smallest absolute Gasteiger partial charge is 0.265 e. The highest BCUT2D eigenvalue weighted by atomic mass is 35.5. The molecule has 0 aromatic heterocycles. The molecule has 0 bridgehead atoms. The summed E-state index contributed by atoms with van der Waals surface area (Å²) in [6.45, 7) is 4.55. The molecule has 44 heavy (non-hydrogen) atoms. The molecule has 238 valence electrons. The number of halogens is 1. The van der Waals surface area contributed by atoms with E-state index in [4.69, 9.17) is 30.5 Å². The Morgan fingerprint density at radius 1 is 0.818 bits per heavy atom. The molecular formula is C31H38ClN3O8S. The van der Waals surface area contributed by atoms with E-state index < -0.39 is 34.4 Å². The molecular weight excluding hydrogens is 610 g/mol. The number of carbonyl (C=O) groups excluding carboxylic acids is 2. The van der Waals surface area contributed by atoms with Gasteiger partial charge in [-0.05, 0) is 62.7 Å². The molecule has 13 heteroatoms. The summed E-state index contributed by atoms with van der Waals surface area (Å²) in [6.07, 6.45) is 0. The zero-order chi connectivity index (χ0) is 32.6. The molecule has 0 aliphatic heterocycles. The van der Waals surface area contributed by atoms with E-state index in [1.54, 1.807) is 43.3 Å². The lowest BCUT2D eigenvalue weighted by atomic mass is 10.1. The highest BCUT2D eigenvalue weighted by molar-refractivity contribution is 7.92. The van der Waals surface area contributed by atoms with Crippen molar-refractivity contribution in [2.24, 2.45) is 0 Å². The number of rotatable bonds is 14. The van der Waals surface area contributed by atoms with Crippen LogP contribution in [0.3, 0.4) is 0 Å². The van der Waals surface area contributed by atoms with Crippen LogP contribution in [0.4, 0.5) is 5.69 Å². The molecule has 0 fully saturated rings. The maximum absolute atomic E-state index is 14.3. The zero-order valence-corrected chi connectivity index (χ0v) is 27.4. The van der Waals surface area contributed by atoms with Crippen molar-refractivity contribution in [3.63, 3.8) is 0 Å². The Bertz CT molecular complexity index is 1560. The van der Waals surface area contributed by atoms with Crippen molar-refractivity contribution in [2.75, 3.05) is 39.3 Å². The number of amides is 2. The summed E-state index contributed by atoms with van der Waals surface area (Å²) in [4.78, 5) is 28.5. The van der Waals surface area contributed by atoms with Gasteiger partial charge >= 0.3 is 0 Å². The lowest BCUT2D eigenvalue weighted by molar-refractivity contribution is -0.139. The summed E-state index contributed by atoms with van der Waals surface area (Å²) in [5.41, 5.74) is 0.751. The molecule has 1 N–H and O–H groups in total. The van der Waals surface area contributed by atoms with Gasteiger partial charge in [0.05, 0.1) is 39.0 Å². The van der Waals surface area contributed by atoms with E-state index in [9.17, 15) is 18.0 Å². The minimum absolute atomic E-state index is 0.0160. The van der Waals surface area contributed by atoms with Crippen LogP contribution in [0.1, 0.15) is 26.3 Å². The molecule has 1 unspecified atom stereocenters. The minimum Gasteiger partial charge on any atom is -0.497 e. The first-order valence-corrected chi connectivity index (χ1v) is 15.5. The molecule has 0 saturated carbocycles. The number of anilines is 1. The summed E-state index contributed by atoms with van der Waals surface area (Å²) in [7, 11) is 1.20. The van der Waals surface area contributed by atoms with E-state index >= 15 is 0 Å². The van der Waals surface area contributed by atoms with Gasteiger partial charge in [0.15, 0.2) is 11.5 Å². The van der Waals surface area contributed by atoms with Crippen molar-refractivity contribution in [3.05, 3.63) is 71.2 Å². The fourth-order valence-corrected chi connectivity index (χ4v) is 5.94. The average molecular weight is 648 g/mol. The number of hydrogen-bond donors (Lipinski definition) is 1. The number of sulfonamides is 1. The second-order valence-electron chi connectivity index (χ2n) is 10.1. The summed E-state index contributed by atoms with van der Waals surface area (Å²) < 4.78 is 51.1. The van der Waals surface area contributed by atoms with Crippen LogP contribution in [0.2, 0.25) is 5.02 Å². The topological polar surface area (TPSA) is 124 Å². The molecule has 0 spiro atoms. The largest absolute Gasteiger partial charge is 0.497 e. The second kappa shape index (κ2) is 15.0. The fraction of sp³-hybridized carbons (Fsp3) is 0.355. The SMILES string of the molecule is COc1ccc(OC)c(N(CC(=O)N(Cc2ccc(Cl)cc2)C(C)C(=O)NC(C)C)S(=O)(=O)c2ccc(OC)c(OC)c2)c1. The molecule has 1 atom stereocenters. The Morgan fingerprint density at radius 2 is 1.43 bits per heavy atom. The van der Waals surface area contributed by atoms with Crippen molar-refractivity contribution >= 4 is 39.1 Å². The van der Waals surface area contributed by atoms with E-state index in [-0.39, 0.29) is 34.7 Å². The molecule has 0 aliphatic carbocycles. The van der Waals surface area contributed by atoms with E-state index in [1.807, 2.05) is 13.8 Å². The predicted octanol–water partition coefficient (Wildman–Crippen LogP) is 4.51. The van der Waals surface area contributed by atoms with Gasteiger partial charge in [-0.15, -0.1) is 0 Å². The monoisotopic (exact) mass is 647 g/mol. The van der Waals surface area contributed by atoms with Crippen LogP contribution in [0.25, 0.3) is 0 Å². The fourth-order valence-electron chi connectivity index (χ4n) is 4.38. The summed E-state index contributed by atoms with van der Waals surface area (Å²) in [5.74, 6) is -0.00946. The van der Waals surface area contributed by atoms with E-state index in [0.717, 1.165) is 4.31 Å². The van der Waals surface area contributed by atoms with Gasteiger partial charge in [-0.25, -0.2) is 8.42 Å². The normalized spacial score (nSPS) is 11.8. The lowest BCUT2D eigenvalue weighted by Crippen LogP contribution is -2.52. The number of benzene rings is 3. The highest BCUT2D eigenvalue weighted by Crippen LogP contribution is 2.37. The zero-order valence-electron chi connectivity index (χ0n) is 25.8. The van der Waals surface area contributed by atoms with E-state index in [0.29, 0.717) is 22.1 Å². The van der Waals surface area contributed by atoms with Crippen LogP contribution in [-0.4, -0.2) is 72.2 Å². The van der Waals surface area contributed by atoms with Gasteiger partial charge in [0.1, 0.15) is 24.1 Å². The summed E-state index contributed by atoms with van der Waals surface area (Å²) in [6, 6.07) is 14.4. The maximum atomic E-state index is 14.3. The lowest BCUT2D eigenvalue weighted by Gasteiger charge is -2.32. The van der Waals surface area contributed by atoms with Crippen LogP contribution >= 0.6 is 11.6 Å². The Hall–Kier alpha value is -4.16. The number of nitrogens with zero attached hydrogens (tertiary/aromatic N) is 2. The van der Waals surface area contributed by atoms with Gasteiger partial charge < -0.3 is 29.2 Å². The van der Waals surface area contributed by atoms with E-state index in [2.05, 4.69) is 5.32 Å². The molecule has 0 aliphatic rings. The van der Waals surface area contributed by atoms with Crippen molar-refractivity contribution in [2.45, 2.75) is 44.3 Å². The first-order chi connectivity index (χ1) is 20.9. The summed E-state index contributed by atoms with van der Waals surface area (Å²) >= 11 is 6.06. The third-order valence-electron chi connectivity index (χ3n) is 6.74. The Morgan fingerprint density at radius 3 is 2.00 bits per heavy atom. The maximum Gasteiger partial charge on any atom is 0.265 e. The summed E-state index contributed by atoms with van der Waals surface area (Å²) in [5, 5.41) is 3.33. The molecule has 0 heterocycles. The molecule has 11 nitrogen and oxygen atoms in total. The molecule has 2 amide bonds. The van der Waals surface area contributed by atoms with Crippen LogP contribution in [0.15, 0.2) is 65.6 Å². The van der Waals surface area contributed by atoms with Crippen molar-refractivity contribution in [1.82, 2.24) is 10.2 Å². The molecule has 3 aromatic rings. The number of methoxy groups -OCH3 is 4. The number of hydrogen-bond acceptors (Lipinski definition) is 8. The van der Waals surface area contributed by atoms with Gasteiger partial charge in [-0.2, -0.15) is 0 Å². The van der Waals surface area contributed by atoms with Gasteiger partial charge in [0.2, 0.25) is 11.8 Å². The molecule has 3 aromatic carbocycles. The van der Waals surface area contributed by atoms with Crippen LogP contribution in [0.5, 0.6) is 23.0 Å². The first-order valence-electron chi connectivity index (χ1n) is 13.7. The van der Waals surface area contributed by atoms with Gasteiger partial charge in [-0.1, -0.05) is 23.7 Å². The first kappa shape index (κ1) is 34.3. The van der Waals surface area contributed by atoms with Gasteiger partial charge in [0.25, 0.3) is 10.0 Å². The minimum atomic E-state index is -4.44. The van der Waals surface area contributed by atoms with Crippen molar-refractivity contribution in [1.29, 1.82) is 0 Å². The van der Waals surface area contributed by atoms with Gasteiger partial charge in [0, 0.05) is 29.7 Å². The van der Waals surface area contributed by atoms with Crippen molar-refractivity contribution in [3.8, 4) is 23.0 Å². The Balaban J connectivity index is 2.17. The van der Waals surface area contributed by atoms with Crippen LogP contribution in [-0.2, 0) is 26.2 Å². The quantitative estimate of drug-likeness (QED) is 0.271. The van der Waals surface area contributed by atoms with Crippen molar-refractivity contribution < 1.29 is 37.0 Å². The standard InChI is InChI=1S/C31H38ClN3O8S/c1-20(2)33-31(37)21(3)34(18-22-8-10-23(32)11-9-22)30(36)19-35(26-16-24(40-4)12-14-27(26)41-5)44(38,39)25-13-15-28(42-6)29(17-25)43-7/h8-17,20-21H,18-19H2,1-7H3,(H,33,37). The third-order valence-corrected chi connectivity index (χ3v) is 8.75. The molecule has 3 rings (SSSR count). The number of ether oxygens (including phenoxy) is 4. The number of carbonyl (C=O) groups is 2. The van der Waals surface area contributed by atoms with Crippen LogP contribution < -0.4 is 28.6 Å². The van der Waals surface area contributed by atoms with Gasteiger partial charge in [-0.3, -0.25) is 13.9 Å². The van der Waals surface area contributed by atoms with Crippen LogP contribution in [0, 0.1) is 0 Å².